The number of aromatic nitrogens is 4. The van der Waals surface area contributed by atoms with Gasteiger partial charge in [0.05, 0.1) is 27.9 Å². The highest BCUT2D eigenvalue weighted by molar-refractivity contribution is 6.07. The van der Waals surface area contributed by atoms with Crippen molar-refractivity contribution in [1.82, 2.24) is 25.6 Å². The number of carbonyl (C=O) groups is 1. The third-order valence-electron chi connectivity index (χ3n) is 5.99. The van der Waals surface area contributed by atoms with Crippen LogP contribution in [0.1, 0.15) is 72.0 Å². The molecule has 1 aromatic carbocycles. The van der Waals surface area contributed by atoms with Gasteiger partial charge >= 0.3 is 6.18 Å². The van der Waals surface area contributed by atoms with Gasteiger partial charge in [-0.15, -0.1) is 0 Å². The van der Waals surface area contributed by atoms with Crippen molar-refractivity contribution in [2.24, 2.45) is 5.92 Å². The minimum absolute atomic E-state index is 0.0305. The van der Waals surface area contributed by atoms with Crippen molar-refractivity contribution < 1.29 is 27.0 Å². The Bertz CT molecular complexity index is 1410. The Morgan fingerprint density at radius 2 is 1.86 bits per heavy atom. The molecule has 1 atom stereocenters. The van der Waals surface area contributed by atoms with Crippen LogP contribution >= 0.6 is 0 Å². The Hall–Kier alpha value is -3.76. The molecular formula is C24H22F3N5O3. The van der Waals surface area contributed by atoms with E-state index in [1.165, 1.54) is 24.3 Å². The quantitative estimate of drug-likeness (QED) is 0.379. The maximum absolute atomic E-state index is 13.7. The first-order valence-corrected chi connectivity index (χ1v) is 11.2. The molecule has 0 spiro atoms. The van der Waals surface area contributed by atoms with Crippen molar-refractivity contribution in [3.05, 3.63) is 58.9 Å². The number of amides is 1. The summed E-state index contributed by atoms with van der Waals surface area (Å²) in [6, 6.07) is 5.77. The molecule has 1 aliphatic rings. The van der Waals surface area contributed by atoms with E-state index in [4.69, 9.17) is 9.05 Å². The molecule has 0 radical (unpaired) electrons. The number of fused-ring (bicyclic) bond motifs is 1. The van der Waals surface area contributed by atoms with E-state index in [0.29, 0.717) is 16.9 Å². The lowest BCUT2D eigenvalue weighted by atomic mass is 9.99. The van der Waals surface area contributed by atoms with Gasteiger partial charge in [-0.3, -0.25) is 4.79 Å². The summed E-state index contributed by atoms with van der Waals surface area (Å²) in [4.78, 5) is 22.2. The monoisotopic (exact) mass is 485 g/mol. The molecule has 1 saturated carbocycles. The third kappa shape index (κ3) is 4.38. The van der Waals surface area contributed by atoms with Crippen LogP contribution in [0.15, 0.2) is 39.4 Å². The second-order valence-corrected chi connectivity index (χ2v) is 9.01. The van der Waals surface area contributed by atoms with Gasteiger partial charge in [-0.05, 0) is 37.8 Å². The van der Waals surface area contributed by atoms with Gasteiger partial charge in [0.25, 0.3) is 11.6 Å². The molecule has 3 heterocycles. The number of nitrogens with zero attached hydrogens (tertiary/aromatic N) is 4. The van der Waals surface area contributed by atoms with Crippen LogP contribution in [0.4, 0.5) is 13.2 Å². The highest BCUT2D eigenvalue weighted by Crippen LogP contribution is 2.39. The third-order valence-corrected chi connectivity index (χ3v) is 5.99. The minimum Gasteiger partial charge on any atom is -0.340 e. The van der Waals surface area contributed by atoms with E-state index in [1.807, 2.05) is 13.8 Å². The topological polar surface area (TPSA) is 107 Å². The van der Waals surface area contributed by atoms with Crippen LogP contribution in [-0.4, -0.2) is 26.2 Å². The van der Waals surface area contributed by atoms with E-state index in [-0.39, 0.29) is 40.3 Å². The molecule has 1 unspecified atom stereocenters. The lowest BCUT2D eigenvalue weighted by Gasteiger charge is -2.19. The molecule has 0 bridgehead atoms. The Kier molecular flexibility index (Phi) is 5.57. The zero-order chi connectivity index (χ0) is 24.9. The highest BCUT2D eigenvalue weighted by atomic mass is 19.4. The zero-order valence-corrected chi connectivity index (χ0v) is 19.2. The van der Waals surface area contributed by atoms with Gasteiger partial charge in [0.1, 0.15) is 6.04 Å². The molecule has 182 valence electrons. The molecule has 4 aromatic rings. The summed E-state index contributed by atoms with van der Waals surface area (Å²) in [7, 11) is 0. The SMILES string of the molecule is Cc1noc2nc(-c3ccccc3C(F)(F)F)cc(C(=O)NC(c3nc(C4CC4)no3)C(C)C)c12. The van der Waals surface area contributed by atoms with Gasteiger partial charge in [0, 0.05) is 11.5 Å². The summed E-state index contributed by atoms with van der Waals surface area (Å²) in [5, 5.41) is 11.1. The van der Waals surface area contributed by atoms with Crippen LogP contribution in [0.25, 0.3) is 22.4 Å². The molecule has 1 fully saturated rings. The molecule has 0 saturated heterocycles. The summed E-state index contributed by atoms with van der Waals surface area (Å²) < 4.78 is 51.6. The average molecular weight is 485 g/mol. The van der Waals surface area contributed by atoms with Crippen LogP contribution in [0, 0.1) is 12.8 Å². The largest absolute Gasteiger partial charge is 0.417 e. The molecule has 35 heavy (non-hydrogen) atoms. The Labute approximate surface area is 197 Å². The van der Waals surface area contributed by atoms with E-state index in [1.54, 1.807) is 6.92 Å². The molecule has 0 aliphatic heterocycles. The fraction of sp³-hybridized carbons (Fsp3) is 0.375. The first-order chi connectivity index (χ1) is 16.6. The molecule has 8 nitrogen and oxygen atoms in total. The predicted octanol–water partition coefficient (Wildman–Crippen LogP) is 5.60. The Morgan fingerprint density at radius 3 is 2.54 bits per heavy atom. The lowest BCUT2D eigenvalue weighted by molar-refractivity contribution is -0.137. The van der Waals surface area contributed by atoms with Crippen molar-refractivity contribution in [2.45, 2.75) is 51.7 Å². The van der Waals surface area contributed by atoms with E-state index >= 15 is 0 Å². The molecule has 5 rings (SSSR count). The molecule has 1 N–H and O–H groups in total. The van der Waals surface area contributed by atoms with E-state index < -0.39 is 23.7 Å². The van der Waals surface area contributed by atoms with Crippen molar-refractivity contribution in [3.63, 3.8) is 0 Å². The fourth-order valence-electron chi connectivity index (χ4n) is 3.98. The second-order valence-electron chi connectivity index (χ2n) is 9.01. The van der Waals surface area contributed by atoms with Crippen molar-refractivity contribution >= 4 is 17.0 Å². The normalized spacial score (nSPS) is 15.1. The number of nitrogens with one attached hydrogen (secondary N) is 1. The summed E-state index contributed by atoms with van der Waals surface area (Å²) in [5.74, 6) is 0.543. The number of pyridine rings is 1. The summed E-state index contributed by atoms with van der Waals surface area (Å²) in [6.07, 6.45) is -2.60. The molecule has 3 aromatic heterocycles. The number of alkyl halides is 3. The maximum Gasteiger partial charge on any atom is 0.417 e. The van der Waals surface area contributed by atoms with Gasteiger partial charge in [-0.25, -0.2) is 4.98 Å². The van der Waals surface area contributed by atoms with Crippen molar-refractivity contribution in [1.29, 1.82) is 0 Å². The number of hydrogen-bond donors (Lipinski definition) is 1. The number of hydrogen-bond acceptors (Lipinski definition) is 7. The summed E-state index contributed by atoms with van der Waals surface area (Å²) in [6.45, 7) is 5.42. The highest BCUT2D eigenvalue weighted by Gasteiger charge is 2.35. The van der Waals surface area contributed by atoms with Crippen LogP contribution < -0.4 is 5.32 Å². The van der Waals surface area contributed by atoms with Crippen LogP contribution in [0.3, 0.4) is 0 Å². The standard InChI is InChI=1S/C24H22F3N5O3/c1-11(2)19(23-30-20(32-35-23)13-8-9-13)29-21(33)15-10-17(28-22-18(15)12(3)31-34-22)14-6-4-5-7-16(14)24(25,26)27/h4-7,10-11,13,19H,8-9H2,1-3H3,(H,29,33). The Morgan fingerprint density at radius 1 is 1.11 bits per heavy atom. The maximum atomic E-state index is 13.7. The van der Waals surface area contributed by atoms with Crippen LogP contribution in [0.2, 0.25) is 0 Å². The van der Waals surface area contributed by atoms with Crippen LogP contribution in [-0.2, 0) is 6.18 Å². The van der Waals surface area contributed by atoms with Crippen molar-refractivity contribution in [3.8, 4) is 11.3 Å². The molecule has 1 amide bonds. The average Bonchev–Trinajstić information content (AvgIpc) is 3.44. The fourth-order valence-corrected chi connectivity index (χ4v) is 3.98. The van der Waals surface area contributed by atoms with Crippen molar-refractivity contribution in [2.75, 3.05) is 0 Å². The first-order valence-electron chi connectivity index (χ1n) is 11.2. The van der Waals surface area contributed by atoms with E-state index in [2.05, 4.69) is 25.6 Å². The zero-order valence-electron chi connectivity index (χ0n) is 19.2. The van der Waals surface area contributed by atoms with Gasteiger partial charge in [0.2, 0.25) is 5.89 Å². The van der Waals surface area contributed by atoms with Gasteiger partial charge in [-0.1, -0.05) is 42.4 Å². The van der Waals surface area contributed by atoms with E-state index in [9.17, 15) is 18.0 Å². The number of aryl methyl sites for hydroxylation is 1. The Balaban J connectivity index is 1.56. The second kappa shape index (κ2) is 8.47. The molecule has 1 aliphatic carbocycles. The van der Waals surface area contributed by atoms with Gasteiger partial charge < -0.3 is 14.4 Å². The number of rotatable bonds is 6. The van der Waals surface area contributed by atoms with Gasteiger partial charge in [-0.2, -0.15) is 18.2 Å². The number of benzene rings is 1. The molecule has 11 heteroatoms. The van der Waals surface area contributed by atoms with Gasteiger partial charge in [0.15, 0.2) is 5.82 Å². The predicted molar refractivity (Wildman–Crippen MR) is 118 cm³/mol. The van der Waals surface area contributed by atoms with E-state index in [0.717, 1.165) is 18.9 Å². The minimum atomic E-state index is -4.60. The summed E-state index contributed by atoms with van der Waals surface area (Å²) in [5.41, 5.74) is -0.639. The lowest BCUT2D eigenvalue weighted by Crippen LogP contribution is -2.32. The summed E-state index contributed by atoms with van der Waals surface area (Å²) >= 11 is 0. The molecular weight excluding hydrogens is 463 g/mol. The first kappa shape index (κ1) is 23.0. The number of halogens is 3. The van der Waals surface area contributed by atoms with Crippen LogP contribution in [0.5, 0.6) is 0 Å². The smallest absolute Gasteiger partial charge is 0.340 e. The number of carbonyl (C=O) groups excluding carboxylic acids is 1.